The maximum atomic E-state index is 12.3. The molecular weight excluding hydrogens is 338 g/mol. The lowest BCUT2D eigenvalue weighted by Gasteiger charge is -2.11. The van der Waals surface area contributed by atoms with Gasteiger partial charge < -0.3 is 10.1 Å². The highest BCUT2D eigenvalue weighted by molar-refractivity contribution is 7.92. The van der Waals surface area contributed by atoms with Crippen LogP contribution in [-0.2, 0) is 10.0 Å². The van der Waals surface area contributed by atoms with Gasteiger partial charge in [-0.15, -0.1) is 0 Å². The summed E-state index contributed by atoms with van der Waals surface area (Å²) in [5.41, 5.74) is 1.16. The van der Waals surface area contributed by atoms with Crippen molar-refractivity contribution in [2.24, 2.45) is 0 Å². The van der Waals surface area contributed by atoms with E-state index in [-0.39, 0.29) is 4.90 Å². The van der Waals surface area contributed by atoms with E-state index in [2.05, 4.69) is 15.0 Å². The van der Waals surface area contributed by atoms with Crippen molar-refractivity contribution in [2.45, 2.75) is 4.90 Å². The first-order valence-electron chi connectivity index (χ1n) is 7.52. The fraction of sp³-hybridized carbons (Fsp3) is 0.0556. The Labute approximate surface area is 146 Å². The number of methoxy groups -OCH3 is 1. The molecule has 0 saturated heterocycles. The first-order chi connectivity index (χ1) is 12.1. The first-order valence-corrected chi connectivity index (χ1v) is 9.01. The number of nitrogens with zero attached hydrogens (tertiary/aromatic N) is 1. The normalized spacial score (nSPS) is 10.9. The van der Waals surface area contributed by atoms with Crippen LogP contribution in [-0.4, -0.2) is 20.5 Å². The van der Waals surface area contributed by atoms with Crippen LogP contribution in [0.25, 0.3) is 0 Å². The smallest absolute Gasteiger partial charge is 0.261 e. The van der Waals surface area contributed by atoms with E-state index in [9.17, 15) is 8.42 Å². The number of hydrogen-bond donors (Lipinski definition) is 2. The van der Waals surface area contributed by atoms with Crippen molar-refractivity contribution in [3.63, 3.8) is 0 Å². The number of aromatic nitrogens is 1. The second kappa shape index (κ2) is 7.23. The SMILES string of the molecule is COc1ccccc1Nc1ccc(NS(=O)(=O)c2ccccc2)cn1. The minimum Gasteiger partial charge on any atom is -0.495 e. The zero-order valence-electron chi connectivity index (χ0n) is 13.5. The lowest BCUT2D eigenvalue weighted by Crippen LogP contribution is -2.13. The molecular formula is C18H17N3O3S. The predicted octanol–water partition coefficient (Wildman–Crippen LogP) is 3.63. The number of pyridine rings is 1. The van der Waals surface area contributed by atoms with Gasteiger partial charge in [0.15, 0.2) is 0 Å². The number of para-hydroxylation sites is 2. The van der Waals surface area contributed by atoms with Gasteiger partial charge in [-0.3, -0.25) is 4.72 Å². The van der Waals surface area contributed by atoms with E-state index in [0.29, 0.717) is 17.3 Å². The van der Waals surface area contributed by atoms with Gasteiger partial charge in [-0.05, 0) is 36.4 Å². The lowest BCUT2D eigenvalue weighted by molar-refractivity contribution is 0.417. The quantitative estimate of drug-likeness (QED) is 0.706. The molecule has 25 heavy (non-hydrogen) atoms. The number of benzene rings is 2. The second-order valence-corrected chi connectivity index (χ2v) is 6.86. The molecule has 0 aliphatic heterocycles. The highest BCUT2D eigenvalue weighted by atomic mass is 32.2. The molecule has 0 unspecified atom stereocenters. The molecule has 0 atom stereocenters. The van der Waals surface area contributed by atoms with Crippen LogP contribution >= 0.6 is 0 Å². The van der Waals surface area contributed by atoms with E-state index in [1.807, 2.05) is 24.3 Å². The Bertz CT molecular complexity index is 943. The predicted molar refractivity (Wildman–Crippen MR) is 97.8 cm³/mol. The van der Waals surface area contributed by atoms with Crippen LogP contribution in [0.5, 0.6) is 5.75 Å². The number of rotatable bonds is 6. The van der Waals surface area contributed by atoms with Gasteiger partial charge in [0.1, 0.15) is 11.6 Å². The molecule has 1 aromatic heterocycles. The molecule has 7 heteroatoms. The topological polar surface area (TPSA) is 80.3 Å². The minimum atomic E-state index is -3.63. The van der Waals surface area contributed by atoms with Gasteiger partial charge in [-0.25, -0.2) is 13.4 Å². The van der Waals surface area contributed by atoms with Crippen molar-refractivity contribution >= 4 is 27.2 Å². The molecule has 0 amide bonds. The third-order valence-electron chi connectivity index (χ3n) is 3.44. The summed E-state index contributed by atoms with van der Waals surface area (Å²) >= 11 is 0. The zero-order chi connectivity index (χ0) is 17.7. The largest absolute Gasteiger partial charge is 0.495 e. The third kappa shape index (κ3) is 4.07. The zero-order valence-corrected chi connectivity index (χ0v) is 14.3. The van der Waals surface area contributed by atoms with E-state index in [1.54, 1.807) is 37.4 Å². The summed E-state index contributed by atoms with van der Waals surface area (Å²) in [5, 5.41) is 3.13. The molecule has 0 saturated carbocycles. The molecule has 0 spiro atoms. The minimum absolute atomic E-state index is 0.200. The molecule has 0 aliphatic carbocycles. The van der Waals surface area contributed by atoms with Crippen LogP contribution in [0.1, 0.15) is 0 Å². The molecule has 0 radical (unpaired) electrons. The second-order valence-electron chi connectivity index (χ2n) is 5.18. The van der Waals surface area contributed by atoms with Crippen LogP contribution in [0, 0.1) is 0 Å². The van der Waals surface area contributed by atoms with Gasteiger partial charge in [-0.1, -0.05) is 30.3 Å². The summed E-state index contributed by atoms with van der Waals surface area (Å²) in [6.07, 6.45) is 1.46. The van der Waals surface area contributed by atoms with Crippen molar-refractivity contribution in [1.82, 2.24) is 4.98 Å². The molecule has 2 aromatic carbocycles. The van der Waals surface area contributed by atoms with Gasteiger partial charge in [0.05, 0.1) is 29.6 Å². The molecule has 3 rings (SSSR count). The lowest BCUT2D eigenvalue weighted by atomic mass is 10.3. The molecule has 1 heterocycles. The van der Waals surface area contributed by atoms with Crippen molar-refractivity contribution in [3.05, 3.63) is 72.9 Å². The number of ether oxygens (including phenoxy) is 1. The van der Waals surface area contributed by atoms with E-state index < -0.39 is 10.0 Å². The molecule has 3 aromatic rings. The van der Waals surface area contributed by atoms with Crippen LogP contribution in [0.4, 0.5) is 17.2 Å². The van der Waals surface area contributed by atoms with Gasteiger partial charge in [0, 0.05) is 0 Å². The van der Waals surface area contributed by atoms with Gasteiger partial charge in [0.25, 0.3) is 10.0 Å². The monoisotopic (exact) mass is 355 g/mol. The molecule has 128 valence electrons. The van der Waals surface area contributed by atoms with E-state index in [0.717, 1.165) is 5.69 Å². The maximum absolute atomic E-state index is 12.3. The molecule has 6 nitrogen and oxygen atoms in total. The van der Waals surface area contributed by atoms with Crippen LogP contribution in [0.15, 0.2) is 77.8 Å². The third-order valence-corrected chi connectivity index (χ3v) is 4.84. The molecule has 2 N–H and O–H groups in total. The van der Waals surface area contributed by atoms with Gasteiger partial charge >= 0.3 is 0 Å². The van der Waals surface area contributed by atoms with E-state index in [4.69, 9.17) is 4.74 Å². The van der Waals surface area contributed by atoms with Crippen LogP contribution < -0.4 is 14.8 Å². The fourth-order valence-electron chi connectivity index (χ4n) is 2.23. The Morgan fingerprint density at radius 3 is 2.32 bits per heavy atom. The van der Waals surface area contributed by atoms with Crippen molar-refractivity contribution < 1.29 is 13.2 Å². The average molecular weight is 355 g/mol. The Kier molecular flexibility index (Phi) is 4.85. The fourth-order valence-corrected chi connectivity index (χ4v) is 3.29. The molecule has 0 aliphatic rings. The summed E-state index contributed by atoms with van der Waals surface area (Å²) in [5.74, 6) is 1.27. The van der Waals surface area contributed by atoms with Gasteiger partial charge in [0.2, 0.25) is 0 Å². The Morgan fingerprint density at radius 2 is 1.64 bits per heavy atom. The highest BCUT2D eigenvalue weighted by Gasteiger charge is 2.13. The van der Waals surface area contributed by atoms with E-state index in [1.165, 1.54) is 18.3 Å². The Balaban J connectivity index is 1.74. The standard InChI is InChI=1S/C18H17N3O3S/c1-24-17-10-6-5-9-16(17)20-18-12-11-14(13-19-18)21-25(22,23)15-7-3-2-4-8-15/h2-13,21H,1H3,(H,19,20). The first kappa shape index (κ1) is 16.8. The number of hydrogen-bond acceptors (Lipinski definition) is 5. The molecule has 0 bridgehead atoms. The van der Waals surface area contributed by atoms with Crippen molar-refractivity contribution in [3.8, 4) is 5.75 Å². The van der Waals surface area contributed by atoms with Gasteiger partial charge in [-0.2, -0.15) is 0 Å². The summed E-state index contributed by atoms with van der Waals surface area (Å²) in [6.45, 7) is 0. The Morgan fingerprint density at radius 1 is 0.920 bits per heavy atom. The number of nitrogens with one attached hydrogen (secondary N) is 2. The molecule has 0 fully saturated rings. The maximum Gasteiger partial charge on any atom is 0.261 e. The van der Waals surface area contributed by atoms with Crippen molar-refractivity contribution in [2.75, 3.05) is 17.1 Å². The highest BCUT2D eigenvalue weighted by Crippen LogP contribution is 2.26. The summed E-state index contributed by atoms with van der Waals surface area (Å²) < 4.78 is 32.4. The number of sulfonamides is 1. The Hall–Kier alpha value is -3.06. The summed E-state index contributed by atoms with van der Waals surface area (Å²) in [6, 6.07) is 19.0. The van der Waals surface area contributed by atoms with Crippen LogP contribution in [0.2, 0.25) is 0 Å². The summed E-state index contributed by atoms with van der Waals surface area (Å²) in [4.78, 5) is 4.43. The van der Waals surface area contributed by atoms with E-state index >= 15 is 0 Å². The van der Waals surface area contributed by atoms with Crippen molar-refractivity contribution in [1.29, 1.82) is 0 Å². The average Bonchev–Trinajstić information content (AvgIpc) is 2.64. The summed E-state index contributed by atoms with van der Waals surface area (Å²) in [7, 11) is -2.03. The number of anilines is 3. The van der Waals surface area contributed by atoms with Crippen LogP contribution in [0.3, 0.4) is 0 Å².